The van der Waals surface area contributed by atoms with Gasteiger partial charge >= 0.3 is 5.97 Å². The number of aromatic nitrogens is 5. The van der Waals surface area contributed by atoms with E-state index in [1.54, 1.807) is 21.1 Å². The number of hydrogen-bond donors (Lipinski definition) is 1. The van der Waals surface area contributed by atoms with Gasteiger partial charge in [0, 0.05) is 24.2 Å². The molecule has 0 bridgehead atoms. The van der Waals surface area contributed by atoms with Gasteiger partial charge in [0.25, 0.3) is 5.56 Å². The number of nitrogens with zero attached hydrogens (tertiary/aromatic N) is 5. The van der Waals surface area contributed by atoms with Gasteiger partial charge in [-0.3, -0.25) is 14.5 Å². The predicted molar refractivity (Wildman–Crippen MR) is 146 cm³/mol. The van der Waals surface area contributed by atoms with E-state index in [2.05, 4.69) is 38.4 Å². The minimum atomic E-state index is -0.417. The molecule has 0 saturated carbocycles. The van der Waals surface area contributed by atoms with Crippen molar-refractivity contribution in [1.82, 2.24) is 30.1 Å². The van der Waals surface area contributed by atoms with Crippen LogP contribution in [-0.4, -0.2) is 63.4 Å². The first-order valence-electron chi connectivity index (χ1n) is 12.8. The van der Waals surface area contributed by atoms with Crippen LogP contribution in [0.15, 0.2) is 41.2 Å². The number of H-pyrrole nitrogens is 1. The Labute approximate surface area is 226 Å². The van der Waals surface area contributed by atoms with Crippen LogP contribution in [-0.2, 0) is 35.6 Å². The summed E-state index contributed by atoms with van der Waals surface area (Å²) in [5.74, 6) is 1.39. The summed E-state index contributed by atoms with van der Waals surface area (Å²) >= 11 is 0. The van der Waals surface area contributed by atoms with Crippen LogP contribution in [0.4, 0.5) is 0 Å². The lowest BCUT2D eigenvalue weighted by Crippen LogP contribution is -2.30. The molecule has 0 fully saturated rings. The largest absolute Gasteiger partial charge is 0.493 e. The number of tetrazole rings is 1. The number of methoxy groups -OCH3 is 2. The number of nitrogens with one attached hydrogen (secondary N) is 1. The second-order valence-corrected chi connectivity index (χ2v) is 9.36. The van der Waals surface area contributed by atoms with Crippen molar-refractivity contribution in [3.63, 3.8) is 0 Å². The van der Waals surface area contributed by atoms with Crippen LogP contribution in [0.2, 0.25) is 0 Å². The van der Waals surface area contributed by atoms with Crippen LogP contribution in [0.5, 0.6) is 11.5 Å². The van der Waals surface area contributed by atoms with Crippen LogP contribution < -0.4 is 15.0 Å². The van der Waals surface area contributed by atoms with Gasteiger partial charge < -0.3 is 19.2 Å². The van der Waals surface area contributed by atoms with Crippen molar-refractivity contribution in [2.45, 2.75) is 46.8 Å². The van der Waals surface area contributed by atoms with Crippen molar-refractivity contribution in [1.29, 1.82) is 0 Å². The van der Waals surface area contributed by atoms with Crippen LogP contribution in [0.3, 0.4) is 0 Å². The second kappa shape index (κ2) is 12.5. The number of aryl methyl sites for hydroxylation is 2. The third-order valence-electron chi connectivity index (χ3n) is 6.65. The van der Waals surface area contributed by atoms with E-state index in [0.717, 1.165) is 27.6 Å². The van der Waals surface area contributed by atoms with Gasteiger partial charge in [0.1, 0.15) is 6.54 Å². The minimum absolute atomic E-state index is 0.0884. The Bertz CT molecular complexity index is 1510. The first-order chi connectivity index (χ1) is 18.8. The van der Waals surface area contributed by atoms with Crippen LogP contribution in [0.25, 0.3) is 10.9 Å². The molecule has 39 heavy (non-hydrogen) atoms. The van der Waals surface area contributed by atoms with Gasteiger partial charge in [0.2, 0.25) is 0 Å². The summed E-state index contributed by atoms with van der Waals surface area (Å²) in [5.41, 5.74) is 4.61. The molecule has 0 aliphatic rings. The quantitative estimate of drug-likeness (QED) is 0.273. The molecule has 0 amide bonds. The lowest BCUT2D eigenvalue weighted by molar-refractivity contribution is -0.144. The van der Waals surface area contributed by atoms with E-state index >= 15 is 0 Å². The minimum Gasteiger partial charge on any atom is -0.493 e. The molecule has 0 spiro atoms. The fourth-order valence-electron chi connectivity index (χ4n) is 4.41. The van der Waals surface area contributed by atoms with E-state index in [-0.39, 0.29) is 18.7 Å². The highest BCUT2D eigenvalue weighted by Crippen LogP contribution is 2.28. The van der Waals surface area contributed by atoms with Crippen molar-refractivity contribution in [3.8, 4) is 11.5 Å². The molecule has 2 aromatic carbocycles. The molecule has 0 aliphatic heterocycles. The van der Waals surface area contributed by atoms with Gasteiger partial charge in [-0.2, -0.15) is 0 Å². The molecule has 0 aliphatic carbocycles. The molecular weight excluding hydrogens is 500 g/mol. The summed E-state index contributed by atoms with van der Waals surface area (Å²) in [6.07, 6.45) is 0.670. The molecule has 0 radical (unpaired) electrons. The zero-order chi connectivity index (χ0) is 27.9. The second-order valence-electron chi connectivity index (χ2n) is 9.36. The summed E-state index contributed by atoms with van der Waals surface area (Å²) in [4.78, 5) is 30.2. The van der Waals surface area contributed by atoms with E-state index in [4.69, 9.17) is 14.2 Å². The van der Waals surface area contributed by atoms with Gasteiger partial charge in [0.05, 0.1) is 27.4 Å². The summed E-state index contributed by atoms with van der Waals surface area (Å²) in [5, 5.41) is 12.8. The fourth-order valence-corrected chi connectivity index (χ4v) is 4.41. The number of ether oxygens (including phenoxy) is 3. The number of benzene rings is 2. The lowest BCUT2D eigenvalue weighted by Gasteiger charge is -2.22. The number of fused-ring (bicyclic) bond motifs is 1. The van der Waals surface area contributed by atoms with Crippen LogP contribution in [0, 0.1) is 13.8 Å². The SMILES string of the molecule is CCOC(=O)Cn1nnnc1CN(CCc1ccc(OC)c(OC)c1)Cc1cc2cc(C)c(C)cc2[nH]c1=O. The third-order valence-corrected chi connectivity index (χ3v) is 6.65. The van der Waals surface area contributed by atoms with Crippen LogP contribution in [0.1, 0.15) is 35.0 Å². The predicted octanol–water partition coefficient (Wildman–Crippen LogP) is 2.96. The highest BCUT2D eigenvalue weighted by atomic mass is 16.5. The molecule has 4 rings (SSSR count). The lowest BCUT2D eigenvalue weighted by atomic mass is 10.0. The van der Waals surface area contributed by atoms with Crippen molar-refractivity contribution in [2.24, 2.45) is 0 Å². The monoisotopic (exact) mass is 534 g/mol. The number of aromatic amines is 1. The normalized spacial score (nSPS) is 11.2. The maximum absolute atomic E-state index is 13.1. The average molecular weight is 535 g/mol. The topological polar surface area (TPSA) is 124 Å². The van der Waals surface area contributed by atoms with E-state index in [1.165, 1.54) is 4.68 Å². The molecule has 2 aromatic heterocycles. The Morgan fingerprint density at radius 3 is 2.54 bits per heavy atom. The van der Waals surface area contributed by atoms with Crippen molar-refractivity contribution in [2.75, 3.05) is 27.4 Å². The number of rotatable bonds is 12. The highest BCUT2D eigenvalue weighted by molar-refractivity contribution is 5.80. The van der Waals surface area contributed by atoms with Gasteiger partial charge in [-0.1, -0.05) is 6.07 Å². The van der Waals surface area contributed by atoms with Gasteiger partial charge in [-0.05, 0) is 90.0 Å². The molecule has 0 unspecified atom stereocenters. The Balaban J connectivity index is 1.61. The van der Waals surface area contributed by atoms with Gasteiger partial charge in [-0.15, -0.1) is 5.10 Å². The molecule has 11 heteroatoms. The molecule has 4 aromatic rings. The first kappa shape index (κ1) is 27.8. The van der Waals surface area contributed by atoms with Gasteiger partial charge in [0.15, 0.2) is 17.3 Å². The third kappa shape index (κ3) is 6.80. The van der Waals surface area contributed by atoms with E-state index in [1.807, 2.05) is 37.3 Å². The van der Waals surface area contributed by atoms with E-state index in [0.29, 0.717) is 48.9 Å². The Morgan fingerprint density at radius 1 is 1.03 bits per heavy atom. The van der Waals surface area contributed by atoms with Crippen molar-refractivity contribution in [3.05, 3.63) is 74.8 Å². The molecule has 0 atom stereocenters. The summed E-state index contributed by atoms with van der Waals surface area (Å²) < 4.78 is 17.3. The average Bonchev–Trinajstić information content (AvgIpc) is 3.34. The summed E-state index contributed by atoms with van der Waals surface area (Å²) in [7, 11) is 3.20. The highest BCUT2D eigenvalue weighted by Gasteiger charge is 2.18. The Hall–Kier alpha value is -4.25. The molecule has 0 saturated heterocycles. The first-order valence-corrected chi connectivity index (χ1v) is 12.8. The Kier molecular flexibility index (Phi) is 8.92. The Morgan fingerprint density at radius 2 is 1.79 bits per heavy atom. The number of pyridine rings is 1. The molecule has 206 valence electrons. The van der Waals surface area contributed by atoms with Crippen LogP contribution >= 0.6 is 0 Å². The molecular formula is C28H34N6O5. The number of hydrogen-bond acceptors (Lipinski definition) is 9. The number of esters is 1. The van der Waals surface area contributed by atoms with Gasteiger partial charge in [-0.25, -0.2) is 4.68 Å². The van der Waals surface area contributed by atoms with E-state index < -0.39 is 5.97 Å². The zero-order valence-electron chi connectivity index (χ0n) is 23.0. The number of carbonyl (C=O) groups is 1. The smallest absolute Gasteiger partial charge is 0.327 e. The standard InChI is InChI=1S/C28H34N6O5/c1-6-39-27(35)17-34-26(30-31-32-34)16-33(10-9-20-7-8-24(37-4)25(13-20)38-5)15-22-14-21-11-18(2)19(3)12-23(21)29-28(22)36/h7-8,11-14H,6,9-10,15-17H2,1-5H3,(H,29,36). The molecule has 2 heterocycles. The molecule has 11 nitrogen and oxygen atoms in total. The van der Waals surface area contributed by atoms with E-state index in [9.17, 15) is 9.59 Å². The summed E-state index contributed by atoms with van der Waals surface area (Å²) in [6, 6.07) is 11.8. The zero-order valence-corrected chi connectivity index (χ0v) is 23.0. The maximum Gasteiger partial charge on any atom is 0.327 e. The fraction of sp³-hybridized carbons (Fsp3) is 0.393. The number of carbonyl (C=O) groups excluding carboxylic acids is 1. The summed E-state index contributed by atoms with van der Waals surface area (Å²) in [6.45, 7) is 7.29. The molecule has 1 N–H and O–H groups in total. The van der Waals surface area contributed by atoms with Crippen molar-refractivity contribution < 1.29 is 19.0 Å². The maximum atomic E-state index is 13.1. The van der Waals surface area contributed by atoms with Crippen molar-refractivity contribution >= 4 is 16.9 Å².